The molecule has 0 spiro atoms. The summed E-state index contributed by atoms with van der Waals surface area (Å²) < 4.78 is 0. The molecule has 6 heteroatoms. The number of β-amino-alcohol motifs (C(OH)–C–C–N with tert-alkyl or cyclic N) is 1. The van der Waals surface area contributed by atoms with E-state index in [-0.39, 0.29) is 6.61 Å². The highest BCUT2D eigenvalue weighted by Crippen LogP contribution is 2.26. The van der Waals surface area contributed by atoms with Crippen molar-refractivity contribution in [1.29, 1.82) is 5.26 Å². The number of rotatable bonds is 6. The maximum absolute atomic E-state index is 9.54. The molecule has 1 aromatic heterocycles. The number of aryl methyl sites for hydroxylation is 1. The predicted molar refractivity (Wildman–Crippen MR) is 93.0 cm³/mol. The normalized spacial score (nSPS) is 15.5. The van der Waals surface area contributed by atoms with Gasteiger partial charge in [-0.05, 0) is 32.4 Å². The van der Waals surface area contributed by atoms with E-state index in [2.05, 4.69) is 34.6 Å². The second-order valence-corrected chi connectivity index (χ2v) is 5.83. The number of hydrogen-bond donors (Lipinski definition) is 1. The molecule has 0 aromatic carbocycles. The number of nitriles is 1. The van der Waals surface area contributed by atoms with E-state index in [9.17, 15) is 5.26 Å². The summed E-state index contributed by atoms with van der Waals surface area (Å²) in [6.45, 7) is 12.4. The molecular formula is C17H27N5O. The molecule has 1 aromatic rings. The van der Waals surface area contributed by atoms with Gasteiger partial charge in [-0.3, -0.25) is 4.90 Å². The summed E-state index contributed by atoms with van der Waals surface area (Å²) >= 11 is 0. The fourth-order valence-electron chi connectivity index (χ4n) is 3.04. The minimum atomic E-state index is 0.193. The average Bonchev–Trinajstić information content (AvgIpc) is 2.56. The van der Waals surface area contributed by atoms with Gasteiger partial charge in [-0.1, -0.05) is 0 Å². The number of aliphatic hydroxyl groups is 1. The molecule has 0 bridgehead atoms. The summed E-state index contributed by atoms with van der Waals surface area (Å²) in [7, 11) is 0. The maximum Gasteiger partial charge on any atom is 0.149 e. The fraction of sp³-hybridized carbons (Fsp3) is 0.647. The quantitative estimate of drug-likeness (QED) is 0.851. The minimum Gasteiger partial charge on any atom is -0.395 e. The SMILES string of the molecule is CCN(CC)c1cc(C)c(C#N)c(N2CCN(CCO)CC2)n1. The number of anilines is 2. The second-order valence-electron chi connectivity index (χ2n) is 5.83. The van der Waals surface area contributed by atoms with E-state index in [4.69, 9.17) is 10.1 Å². The van der Waals surface area contributed by atoms with Crippen molar-refractivity contribution in [2.45, 2.75) is 20.8 Å². The topological polar surface area (TPSA) is 66.6 Å². The highest BCUT2D eigenvalue weighted by molar-refractivity contribution is 5.62. The van der Waals surface area contributed by atoms with Crippen molar-refractivity contribution < 1.29 is 5.11 Å². The zero-order valence-corrected chi connectivity index (χ0v) is 14.4. The van der Waals surface area contributed by atoms with Crippen LogP contribution in [-0.4, -0.2) is 67.4 Å². The van der Waals surface area contributed by atoms with Gasteiger partial charge in [0, 0.05) is 45.8 Å². The van der Waals surface area contributed by atoms with Gasteiger partial charge in [-0.15, -0.1) is 0 Å². The van der Waals surface area contributed by atoms with Crippen LogP contribution in [-0.2, 0) is 0 Å². The van der Waals surface area contributed by atoms with Crippen molar-refractivity contribution in [2.24, 2.45) is 0 Å². The summed E-state index contributed by atoms with van der Waals surface area (Å²) in [5, 5.41) is 18.6. The van der Waals surface area contributed by atoms with Crippen molar-refractivity contribution in [2.75, 3.05) is 62.2 Å². The van der Waals surface area contributed by atoms with Crippen LogP contribution in [0.25, 0.3) is 0 Å². The molecule has 126 valence electrons. The maximum atomic E-state index is 9.54. The smallest absolute Gasteiger partial charge is 0.149 e. The molecule has 1 aliphatic rings. The molecule has 6 nitrogen and oxygen atoms in total. The third kappa shape index (κ3) is 3.92. The van der Waals surface area contributed by atoms with Gasteiger partial charge >= 0.3 is 0 Å². The monoisotopic (exact) mass is 317 g/mol. The lowest BCUT2D eigenvalue weighted by Gasteiger charge is -2.36. The molecule has 2 rings (SSSR count). The van der Waals surface area contributed by atoms with Crippen LogP contribution in [0.4, 0.5) is 11.6 Å². The minimum absolute atomic E-state index is 0.193. The van der Waals surface area contributed by atoms with E-state index in [1.807, 2.05) is 13.0 Å². The molecule has 0 unspecified atom stereocenters. The second kappa shape index (κ2) is 8.14. The van der Waals surface area contributed by atoms with Gasteiger partial charge in [0.15, 0.2) is 0 Å². The van der Waals surface area contributed by atoms with Crippen molar-refractivity contribution in [3.63, 3.8) is 0 Å². The third-order valence-corrected chi connectivity index (χ3v) is 4.47. The van der Waals surface area contributed by atoms with Crippen LogP contribution in [0.1, 0.15) is 25.0 Å². The average molecular weight is 317 g/mol. The number of aromatic nitrogens is 1. The van der Waals surface area contributed by atoms with E-state index in [0.29, 0.717) is 12.1 Å². The molecule has 1 saturated heterocycles. The third-order valence-electron chi connectivity index (χ3n) is 4.47. The Labute approximate surface area is 138 Å². The Balaban J connectivity index is 2.28. The molecule has 0 saturated carbocycles. The van der Waals surface area contributed by atoms with Gasteiger partial charge in [-0.2, -0.15) is 5.26 Å². The highest BCUT2D eigenvalue weighted by Gasteiger charge is 2.22. The van der Waals surface area contributed by atoms with Crippen LogP contribution in [0.15, 0.2) is 6.07 Å². The summed E-state index contributed by atoms with van der Waals surface area (Å²) in [5.41, 5.74) is 1.66. The Morgan fingerprint density at radius 3 is 2.43 bits per heavy atom. The number of hydrogen-bond acceptors (Lipinski definition) is 6. The first-order valence-electron chi connectivity index (χ1n) is 8.39. The molecule has 2 heterocycles. The van der Waals surface area contributed by atoms with Gasteiger partial charge in [0.2, 0.25) is 0 Å². The van der Waals surface area contributed by atoms with Gasteiger partial charge in [-0.25, -0.2) is 4.98 Å². The zero-order valence-electron chi connectivity index (χ0n) is 14.4. The van der Waals surface area contributed by atoms with Crippen molar-refractivity contribution in [1.82, 2.24) is 9.88 Å². The van der Waals surface area contributed by atoms with Crippen LogP contribution in [0.3, 0.4) is 0 Å². The summed E-state index contributed by atoms with van der Waals surface area (Å²) in [6.07, 6.45) is 0. The lowest BCUT2D eigenvalue weighted by atomic mass is 10.1. The zero-order chi connectivity index (χ0) is 16.8. The van der Waals surface area contributed by atoms with Gasteiger partial charge in [0.25, 0.3) is 0 Å². The van der Waals surface area contributed by atoms with E-state index in [1.165, 1.54) is 0 Å². The van der Waals surface area contributed by atoms with Crippen molar-refractivity contribution >= 4 is 11.6 Å². The molecule has 1 N–H and O–H groups in total. The standard InChI is InChI=1S/C17H27N5O/c1-4-21(5-2)16-12-14(3)15(13-18)17(19-16)22-8-6-20(7-9-22)10-11-23/h12,23H,4-11H2,1-3H3. The molecule has 0 radical (unpaired) electrons. The van der Waals surface area contributed by atoms with E-state index in [1.54, 1.807) is 0 Å². The van der Waals surface area contributed by atoms with E-state index < -0.39 is 0 Å². The summed E-state index contributed by atoms with van der Waals surface area (Å²) in [4.78, 5) is 11.5. The highest BCUT2D eigenvalue weighted by atomic mass is 16.3. The summed E-state index contributed by atoms with van der Waals surface area (Å²) in [5.74, 6) is 1.75. The van der Waals surface area contributed by atoms with Crippen LogP contribution in [0.5, 0.6) is 0 Å². The van der Waals surface area contributed by atoms with Crippen molar-refractivity contribution in [3.05, 3.63) is 17.2 Å². The van der Waals surface area contributed by atoms with Crippen LogP contribution < -0.4 is 9.80 Å². The predicted octanol–water partition coefficient (Wildman–Crippen LogP) is 1.22. The van der Waals surface area contributed by atoms with Crippen LogP contribution in [0.2, 0.25) is 0 Å². The Morgan fingerprint density at radius 1 is 1.26 bits per heavy atom. The van der Waals surface area contributed by atoms with Crippen molar-refractivity contribution in [3.8, 4) is 6.07 Å². The lowest BCUT2D eigenvalue weighted by molar-refractivity contribution is 0.188. The fourth-order valence-corrected chi connectivity index (χ4v) is 3.04. The molecular weight excluding hydrogens is 290 g/mol. The van der Waals surface area contributed by atoms with Crippen LogP contribution >= 0.6 is 0 Å². The number of aliphatic hydroxyl groups excluding tert-OH is 1. The van der Waals surface area contributed by atoms with Crippen LogP contribution in [0, 0.1) is 18.3 Å². The first-order chi connectivity index (χ1) is 11.1. The largest absolute Gasteiger partial charge is 0.395 e. The summed E-state index contributed by atoms with van der Waals surface area (Å²) in [6, 6.07) is 4.33. The van der Waals surface area contributed by atoms with Gasteiger partial charge < -0.3 is 14.9 Å². The first kappa shape index (κ1) is 17.5. The van der Waals surface area contributed by atoms with E-state index in [0.717, 1.165) is 56.5 Å². The van der Waals surface area contributed by atoms with E-state index >= 15 is 0 Å². The number of pyridine rings is 1. The molecule has 23 heavy (non-hydrogen) atoms. The Kier molecular flexibility index (Phi) is 6.20. The molecule has 1 aliphatic heterocycles. The Morgan fingerprint density at radius 2 is 1.91 bits per heavy atom. The van der Waals surface area contributed by atoms with Gasteiger partial charge in [0.05, 0.1) is 12.2 Å². The van der Waals surface area contributed by atoms with Gasteiger partial charge in [0.1, 0.15) is 17.7 Å². The molecule has 1 fully saturated rings. The number of piperazine rings is 1. The Hall–Kier alpha value is -1.84. The molecule has 0 atom stereocenters. The molecule has 0 amide bonds. The number of nitrogens with zero attached hydrogens (tertiary/aromatic N) is 5. The lowest BCUT2D eigenvalue weighted by Crippen LogP contribution is -2.47. The molecule has 0 aliphatic carbocycles. The first-order valence-corrected chi connectivity index (χ1v) is 8.39. The Bertz CT molecular complexity index is 557.